The van der Waals surface area contributed by atoms with Crippen molar-refractivity contribution in [2.75, 3.05) is 0 Å². The van der Waals surface area contributed by atoms with E-state index in [2.05, 4.69) is 4.85 Å². The number of pyridine rings is 1. The Bertz CT molecular complexity index is 1630. The van der Waals surface area contributed by atoms with Gasteiger partial charge in [0, 0.05) is 36.6 Å². The zero-order valence-electron chi connectivity index (χ0n) is 25.1. The molecule has 30 heavy (non-hydrogen) atoms. The molecule has 4 aromatic rings. The van der Waals surface area contributed by atoms with Crippen LogP contribution >= 0.6 is 0 Å². The van der Waals surface area contributed by atoms with Crippen LogP contribution < -0.4 is 4.57 Å². The first-order valence-electron chi connectivity index (χ1n) is 13.3. The van der Waals surface area contributed by atoms with Gasteiger partial charge in [-0.15, -0.1) is 0 Å². The molecule has 0 spiro atoms. The highest BCUT2D eigenvalue weighted by atomic mass is 16.3. The fourth-order valence-corrected chi connectivity index (χ4v) is 3.76. The van der Waals surface area contributed by atoms with Crippen LogP contribution in [0.15, 0.2) is 40.8 Å². The predicted molar refractivity (Wildman–Crippen MR) is 124 cm³/mol. The largest absolute Gasteiger partial charge is 0.466 e. The fourth-order valence-electron chi connectivity index (χ4n) is 3.76. The molecule has 0 radical (unpaired) electrons. The van der Waals surface area contributed by atoms with Crippen molar-refractivity contribution in [3.05, 3.63) is 70.2 Å². The highest BCUT2D eigenvalue weighted by Crippen LogP contribution is 2.42. The third-order valence-electron chi connectivity index (χ3n) is 5.61. The molecule has 0 saturated heterocycles. The van der Waals surface area contributed by atoms with Gasteiger partial charge in [-0.3, -0.25) is 0 Å². The first kappa shape index (κ1) is 13.2. The standard InChI is InChI=1S/C27H29N2O/c1-15(2)19-11-18(6)29(8)24(14-19)25-17(5)9-10-21-22-12-20(16(3)4)13-23(28-7)26(22)30-27(21)25/h9-16H,1-6,8H3/q+1/i3D3,11D,14D,15D,16D. The smallest absolute Gasteiger partial charge is 0.229 e. The van der Waals surface area contributed by atoms with Crippen molar-refractivity contribution in [1.82, 2.24) is 0 Å². The van der Waals surface area contributed by atoms with Crippen LogP contribution in [0, 0.1) is 20.4 Å². The van der Waals surface area contributed by atoms with Crippen molar-refractivity contribution in [2.45, 2.75) is 53.3 Å². The summed E-state index contributed by atoms with van der Waals surface area (Å²) in [6.45, 7) is 13.4. The summed E-state index contributed by atoms with van der Waals surface area (Å²) in [6.07, 6.45) is 0. The summed E-state index contributed by atoms with van der Waals surface area (Å²) in [5.74, 6) is -3.12. The average Bonchev–Trinajstić information content (AvgIpc) is 3.15. The summed E-state index contributed by atoms with van der Waals surface area (Å²) in [5, 5.41) is 1.15. The molecule has 3 heteroatoms. The zero-order chi connectivity index (χ0) is 27.8. The third-order valence-corrected chi connectivity index (χ3v) is 5.61. The van der Waals surface area contributed by atoms with Crippen LogP contribution in [0.5, 0.6) is 0 Å². The van der Waals surface area contributed by atoms with E-state index in [0.717, 1.165) is 5.56 Å². The SMILES string of the molecule is [2H]c1c(C([2H])(C)C)c([2H])c(-c2c(C)ccc3c2oc2c([N+]#[C-])cc(C([2H])(C)C([2H])([2H])[2H])cc23)[n+](C)c1C. The number of nitrogens with zero attached hydrogens (tertiary/aromatic N) is 2. The van der Waals surface area contributed by atoms with E-state index >= 15 is 0 Å². The molecule has 152 valence electrons. The molecular weight excluding hydrogens is 368 g/mol. The number of hydrogen-bond donors (Lipinski definition) is 0. The summed E-state index contributed by atoms with van der Waals surface area (Å²) >= 11 is 0. The molecule has 3 nitrogen and oxygen atoms in total. The molecular formula is C27H29N2O+. The van der Waals surface area contributed by atoms with Crippen LogP contribution in [0.1, 0.15) is 71.4 Å². The maximum atomic E-state index is 9.05. The van der Waals surface area contributed by atoms with E-state index in [1.54, 1.807) is 38.5 Å². The monoisotopic (exact) mass is 404 g/mol. The molecule has 0 aliphatic heterocycles. The molecule has 0 amide bonds. The number of aromatic nitrogens is 1. The Hall–Kier alpha value is -3.12. The molecule has 2 heterocycles. The maximum Gasteiger partial charge on any atom is 0.229 e. The molecule has 0 aliphatic carbocycles. The molecule has 0 N–H and O–H groups in total. The lowest BCUT2D eigenvalue weighted by Crippen LogP contribution is -2.35. The summed E-state index contributed by atoms with van der Waals surface area (Å²) in [5.41, 5.74) is 3.81. The highest BCUT2D eigenvalue weighted by molar-refractivity contribution is 6.13. The van der Waals surface area contributed by atoms with Gasteiger partial charge < -0.3 is 4.42 Å². The van der Waals surface area contributed by atoms with Gasteiger partial charge in [0.1, 0.15) is 18.2 Å². The van der Waals surface area contributed by atoms with Crippen molar-refractivity contribution in [3.63, 3.8) is 0 Å². The predicted octanol–water partition coefficient (Wildman–Crippen LogP) is 7.49. The van der Waals surface area contributed by atoms with Crippen LogP contribution in [-0.2, 0) is 7.05 Å². The number of fused-ring (bicyclic) bond motifs is 3. The van der Waals surface area contributed by atoms with Crippen LogP contribution in [0.2, 0.25) is 0 Å². The second-order valence-corrected chi connectivity index (χ2v) is 7.96. The van der Waals surface area contributed by atoms with Crippen molar-refractivity contribution < 1.29 is 18.6 Å². The summed E-state index contributed by atoms with van der Waals surface area (Å²) in [7, 11) is 1.77. The van der Waals surface area contributed by atoms with Crippen molar-refractivity contribution in [3.8, 4) is 11.3 Å². The number of furan rings is 1. The van der Waals surface area contributed by atoms with Gasteiger partial charge in [-0.2, -0.15) is 4.57 Å². The number of benzene rings is 2. The van der Waals surface area contributed by atoms with E-state index in [-0.39, 0.29) is 28.9 Å². The van der Waals surface area contributed by atoms with E-state index in [0.29, 0.717) is 38.9 Å². The Balaban J connectivity index is 2.18. The molecule has 1 unspecified atom stereocenters. The topological polar surface area (TPSA) is 21.4 Å². The van der Waals surface area contributed by atoms with Crippen molar-refractivity contribution in [1.29, 1.82) is 0 Å². The minimum atomic E-state index is -2.61. The fraction of sp³-hybridized carbons (Fsp3) is 0.333. The lowest BCUT2D eigenvalue weighted by atomic mass is 9.95. The van der Waals surface area contributed by atoms with Crippen LogP contribution in [0.3, 0.4) is 0 Å². The number of rotatable bonds is 3. The number of aryl methyl sites for hydroxylation is 1. The zero-order valence-corrected chi connectivity index (χ0v) is 18.1. The van der Waals surface area contributed by atoms with Crippen molar-refractivity contribution >= 4 is 27.6 Å². The Morgan fingerprint density at radius 1 is 1.07 bits per heavy atom. The van der Waals surface area contributed by atoms with E-state index in [1.807, 2.05) is 19.1 Å². The second-order valence-electron chi connectivity index (χ2n) is 7.96. The Labute approximate surface area is 188 Å². The van der Waals surface area contributed by atoms with Gasteiger partial charge in [0.25, 0.3) is 0 Å². The van der Waals surface area contributed by atoms with Gasteiger partial charge in [-0.05, 0) is 42.0 Å². The van der Waals surface area contributed by atoms with Gasteiger partial charge in [0.15, 0.2) is 5.69 Å². The van der Waals surface area contributed by atoms with Gasteiger partial charge in [0.05, 0.1) is 14.9 Å². The van der Waals surface area contributed by atoms with Crippen molar-refractivity contribution in [2.24, 2.45) is 7.05 Å². The molecule has 2 aromatic carbocycles. The van der Waals surface area contributed by atoms with Gasteiger partial charge in [0.2, 0.25) is 11.4 Å². The first-order chi connectivity index (χ1) is 16.9. The molecule has 1 atom stereocenters. The minimum absolute atomic E-state index is 0.0568. The summed E-state index contributed by atoms with van der Waals surface area (Å²) < 4.78 is 66.4. The maximum absolute atomic E-state index is 9.05. The summed E-state index contributed by atoms with van der Waals surface area (Å²) in [4.78, 5) is 3.58. The van der Waals surface area contributed by atoms with Gasteiger partial charge >= 0.3 is 0 Å². The normalized spacial score (nSPS) is 17.8. The van der Waals surface area contributed by atoms with Crippen LogP contribution in [0.25, 0.3) is 38.0 Å². The Kier molecular flexibility index (Phi) is 3.22. The lowest BCUT2D eigenvalue weighted by Gasteiger charge is -2.11. The lowest BCUT2D eigenvalue weighted by molar-refractivity contribution is -0.666. The molecule has 4 rings (SSSR count). The molecule has 0 fully saturated rings. The molecule has 0 bridgehead atoms. The molecule has 0 saturated carbocycles. The molecule has 0 aliphatic rings. The Morgan fingerprint density at radius 2 is 1.83 bits per heavy atom. The Morgan fingerprint density at radius 3 is 2.50 bits per heavy atom. The highest BCUT2D eigenvalue weighted by Gasteiger charge is 2.24. The molecule has 2 aromatic heterocycles. The van der Waals surface area contributed by atoms with Gasteiger partial charge in [-0.1, -0.05) is 45.3 Å². The summed E-state index contributed by atoms with van der Waals surface area (Å²) in [6, 6.07) is 6.91. The van der Waals surface area contributed by atoms with Gasteiger partial charge in [-0.25, -0.2) is 4.85 Å². The minimum Gasteiger partial charge on any atom is -0.466 e. The van der Waals surface area contributed by atoms with E-state index in [9.17, 15) is 0 Å². The van der Waals surface area contributed by atoms with E-state index in [1.165, 1.54) is 13.0 Å². The second kappa shape index (κ2) is 7.29. The van der Waals surface area contributed by atoms with E-state index in [4.69, 9.17) is 20.6 Å². The quantitative estimate of drug-likeness (QED) is 0.256. The first-order valence-corrected chi connectivity index (χ1v) is 9.82. The average molecular weight is 405 g/mol. The van der Waals surface area contributed by atoms with Crippen LogP contribution in [0.4, 0.5) is 5.69 Å². The third kappa shape index (κ3) is 3.08. The number of hydrogen-bond acceptors (Lipinski definition) is 1. The van der Waals surface area contributed by atoms with Crippen LogP contribution in [-0.4, -0.2) is 0 Å². The van der Waals surface area contributed by atoms with E-state index < -0.39 is 18.6 Å².